The summed E-state index contributed by atoms with van der Waals surface area (Å²) in [5.74, 6) is 1.73. The molecule has 1 aromatic carbocycles. The van der Waals surface area contributed by atoms with E-state index in [0.717, 1.165) is 5.82 Å². The maximum atomic E-state index is 4.66. The molecule has 0 aliphatic heterocycles. The number of hydrogen-bond donors (Lipinski definition) is 1. The Morgan fingerprint density at radius 2 is 1.65 bits per heavy atom. The average molecular weight is 268 g/mol. The lowest BCUT2D eigenvalue weighted by Gasteiger charge is -2.19. The molecule has 20 heavy (non-hydrogen) atoms. The SMILES string of the molecule is Cc1cc(C)c(-c2ncc(C3CCCCC3)[nH]2)c(C)c1. The number of benzene rings is 1. The van der Waals surface area contributed by atoms with Crippen LogP contribution in [0.3, 0.4) is 0 Å². The predicted molar refractivity (Wildman–Crippen MR) is 84.1 cm³/mol. The topological polar surface area (TPSA) is 28.7 Å². The van der Waals surface area contributed by atoms with Crippen LogP contribution in [0.25, 0.3) is 11.4 Å². The number of H-pyrrole nitrogens is 1. The Bertz CT molecular complexity index is 581. The highest BCUT2D eigenvalue weighted by molar-refractivity contribution is 5.65. The minimum atomic E-state index is 0.691. The summed E-state index contributed by atoms with van der Waals surface area (Å²) in [6.45, 7) is 6.51. The standard InChI is InChI=1S/C18H24N2/c1-12-9-13(2)17(14(3)10-12)18-19-11-16(20-18)15-7-5-4-6-8-15/h9-11,15H,4-8H2,1-3H3,(H,19,20). The van der Waals surface area contributed by atoms with Crippen molar-refractivity contribution in [3.63, 3.8) is 0 Å². The molecule has 1 N–H and O–H groups in total. The van der Waals surface area contributed by atoms with E-state index in [2.05, 4.69) is 49.1 Å². The summed E-state index contributed by atoms with van der Waals surface area (Å²) in [6.07, 6.45) is 8.81. The molecule has 0 saturated heterocycles. The first-order valence-electron chi connectivity index (χ1n) is 7.78. The van der Waals surface area contributed by atoms with Gasteiger partial charge in [0.25, 0.3) is 0 Å². The average Bonchev–Trinajstić information content (AvgIpc) is 2.88. The lowest BCUT2D eigenvalue weighted by Crippen LogP contribution is -2.04. The van der Waals surface area contributed by atoms with Crippen LogP contribution in [0.2, 0.25) is 0 Å². The van der Waals surface area contributed by atoms with Gasteiger partial charge in [-0.3, -0.25) is 0 Å². The van der Waals surface area contributed by atoms with E-state index in [1.54, 1.807) is 0 Å². The molecule has 0 amide bonds. The first-order valence-corrected chi connectivity index (χ1v) is 7.78. The smallest absolute Gasteiger partial charge is 0.138 e. The van der Waals surface area contributed by atoms with E-state index in [9.17, 15) is 0 Å². The van der Waals surface area contributed by atoms with Crippen molar-refractivity contribution in [2.75, 3.05) is 0 Å². The van der Waals surface area contributed by atoms with E-state index in [-0.39, 0.29) is 0 Å². The summed E-state index contributed by atoms with van der Waals surface area (Å²) in [6, 6.07) is 4.48. The number of imidazole rings is 1. The zero-order chi connectivity index (χ0) is 14.1. The quantitative estimate of drug-likeness (QED) is 0.811. The number of aryl methyl sites for hydroxylation is 3. The summed E-state index contributed by atoms with van der Waals surface area (Å²) in [5, 5.41) is 0. The number of nitrogens with one attached hydrogen (secondary N) is 1. The van der Waals surface area contributed by atoms with E-state index >= 15 is 0 Å². The Hall–Kier alpha value is -1.57. The Morgan fingerprint density at radius 1 is 1.00 bits per heavy atom. The number of rotatable bonds is 2. The third-order valence-corrected chi connectivity index (χ3v) is 4.55. The van der Waals surface area contributed by atoms with Crippen LogP contribution in [0.4, 0.5) is 0 Å². The highest BCUT2D eigenvalue weighted by atomic mass is 14.9. The molecule has 0 unspecified atom stereocenters. The molecule has 0 radical (unpaired) electrons. The van der Waals surface area contributed by atoms with Crippen LogP contribution in [0, 0.1) is 20.8 Å². The molecule has 2 heteroatoms. The summed E-state index contributed by atoms with van der Waals surface area (Å²) < 4.78 is 0. The molecule has 0 bridgehead atoms. The van der Waals surface area contributed by atoms with Gasteiger partial charge in [-0.1, -0.05) is 37.0 Å². The highest BCUT2D eigenvalue weighted by Crippen LogP contribution is 2.33. The molecular formula is C18H24N2. The van der Waals surface area contributed by atoms with E-state index in [4.69, 9.17) is 0 Å². The first kappa shape index (κ1) is 13.4. The van der Waals surface area contributed by atoms with Gasteiger partial charge in [-0.15, -0.1) is 0 Å². The molecule has 1 aliphatic carbocycles. The van der Waals surface area contributed by atoms with Crippen LogP contribution >= 0.6 is 0 Å². The molecule has 3 rings (SSSR count). The van der Waals surface area contributed by atoms with Gasteiger partial charge in [0.15, 0.2) is 0 Å². The van der Waals surface area contributed by atoms with Crippen molar-refractivity contribution in [3.05, 3.63) is 40.7 Å². The second-order valence-electron chi connectivity index (χ2n) is 6.30. The van der Waals surface area contributed by atoms with Gasteiger partial charge < -0.3 is 4.98 Å². The molecule has 1 aliphatic rings. The third-order valence-electron chi connectivity index (χ3n) is 4.55. The third kappa shape index (κ3) is 2.52. The second-order valence-corrected chi connectivity index (χ2v) is 6.30. The monoisotopic (exact) mass is 268 g/mol. The van der Waals surface area contributed by atoms with E-state index in [1.807, 2.05) is 0 Å². The fourth-order valence-corrected chi connectivity index (χ4v) is 3.64. The molecule has 0 atom stereocenters. The molecule has 0 spiro atoms. The van der Waals surface area contributed by atoms with Crippen LogP contribution in [0.5, 0.6) is 0 Å². The molecule has 2 aromatic rings. The van der Waals surface area contributed by atoms with Gasteiger partial charge in [0.05, 0.1) is 0 Å². The van der Waals surface area contributed by atoms with Crippen molar-refractivity contribution in [2.45, 2.75) is 58.8 Å². The number of hydrogen-bond acceptors (Lipinski definition) is 1. The van der Waals surface area contributed by atoms with Crippen LogP contribution in [-0.2, 0) is 0 Å². The Kier molecular flexibility index (Phi) is 3.64. The molecule has 106 valence electrons. The zero-order valence-electron chi connectivity index (χ0n) is 12.8. The molecule has 1 saturated carbocycles. The summed E-state index contributed by atoms with van der Waals surface area (Å²) in [4.78, 5) is 8.25. The zero-order valence-corrected chi connectivity index (χ0v) is 12.8. The van der Waals surface area contributed by atoms with E-state index in [0.29, 0.717) is 5.92 Å². The number of aromatic amines is 1. The van der Waals surface area contributed by atoms with Gasteiger partial charge in [0, 0.05) is 23.4 Å². The predicted octanol–water partition coefficient (Wildman–Crippen LogP) is 5.05. The van der Waals surface area contributed by atoms with Crippen LogP contribution in [-0.4, -0.2) is 9.97 Å². The molecular weight excluding hydrogens is 244 g/mol. The Labute approximate surface area is 121 Å². The van der Waals surface area contributed by atoms with Crippen LogP contribution in [0.1, 0.15) is 60.4 Å². The Balaban J connectivity index is 1.94. The van der Waals surface area contributed by atoms with Crippen molar-refractivity contribution < 1.29 is 0 Å². The van der Waals surface area contributed by atoms with Gasteiger partial charge in [0.2, 0.25) is 0 Å². The maximum Gasteiger partial charge on any atom is 0.138 e. The van der Waals surface area contributed by atoms with Crippen molar-refractivity contribution >= 4 is 0 Å². The fraction of sp³-hybridized carbons (Fsp3) is 0.500. The van der Waals surface area contributed by atoms with Gasteiger partial charge in [0.1, 0.15) is 5.82 Å². The highest BCUT2D eigenvalue weighted by Gasteiger charge is 2.18. The molecule has 1 heterocycles. The number of aromatic nitrogens is 2. The fourth-order valence-electron chi connectivity index (χ4n) is 3.64. The van der Waals surface area contributed by atoms with Crippen molar-refractivity contribution in [2.24, 2.45) is 0 Å². The number of nitrogens with zero attached hydrogens (tertiary/aromatic N) is 1. The minimum absolute atomic E-state index is 0.691. The van der Waals surface area contributed by atoms with Crippen molar-refractivity contribution in [3.8, 4) is 11.4 Å². The first-order chi connectivity index (χ1) is 9.65. The maximum absolute atomic E-state index is 4.66. The largest absolute Gasteiger partial charge is 0.342 e. The second kappa shape index (κ2) is 5.43. The van der Waals surface area contributed by atoms with Gasteiger partial charge in [-0.05, 0) is 44.7 Å². The van der Waals surface area contributed by atoms with E-state index < -0.39 is 0 Å². The Morgan fingerprint density at radius 3 is 2.30 bits per heavy atom. The summed E-state index contributed by atoms with van der Waals surface area (Å²) in [5.41, 5.74) is 6.55. The van der Waals surface area contributed by atoms with Crippen LogP contribution in [0.15, 0.2) is 18.3 Å². The van der Waals surface area contributed by atoms with E-state index in [1.165, 1.54) is 60.1 Å². The van der Waals surface area contributed by atoms with Gasteiger partial charge in [-0.25, -0.2) is 4.98 Å². The summed E-state index contributed by atoms with van der Waals surface area (Å²) >= 11 is 0. The van der Waals surface area contributed by atoms with Crippen LogP contribution < -0.4 is 0 Å². The lowest BCUT2D eigenvalue weighted by atomic mass is 9.87. The normalized spacial score (nSPS) is 16.6. The van der Waals surface area contributed by atoms with Crippen molar-refractivity contribution in [1.82, 2.24) is 9.97 Å². The lowest BCUT2D eigenvalue weighted by molar-refractivity contribution is 0.438. The summed E-state index contributed by atoms with van der Waals surface area (Å²) in [7, 11) is 0. The molecule has 2 nitrogen and oxygen atoms in total. The van der Waals surface area contributed by atoms with Crippen molar-refractivity contribution in [1.29, 1.82) is 0 Å². The minimum Gasteiger partial charge on any atom is -0.342 e. The van der Waals surface area contributed by atoms with Gasteiger partial charge >= 0.3 is 0 Å². The van der Waals surface area contributed by atoms with Gasteiger partial charge in [-0.2, -0.15) is 0 Å². The molecule has 1 aromatic heterocycles. The molecule has 1 fully saturated rings.